The Kier molecular flexibility index (Phi) is 5.88. The summed E-state index contributed by atoms with van der Waals surface area (Å²) in [4.78, 5) is 32.6. The maximum atomic E-state index is 13.4. The van der Waals surface area contributed by atoms with Crippen LogP contribution >= 0.6 is 0 Å². The molecule has 1 saturated heterocycles. The van der Waals surface area contributed by atoms with Crippen molar-refractivity contribution in [3.63, 3.8) is 0 Å². The Balaban J connectivity index is 1.36. The first kappa shape index (κ1) is 21.9. The van der Waals surface area contributed by atoms with E-state index in [-0.39, 0.29) is 17.9 Å². The van der Waals surface area contributed by atoms with Gasteiger partial charge in [-0.1, -0.05) is 42.0 Å². The largest absolute Gasteiger partial charge is 0.459 e. The molecule has 0 unspecified atom stereocenters. The van der Waals surface area contributed by atoms with Crippen LogP contribution in [0, 0.1) is 13.8 Å². The molecule has 0 atom stereocenters. The number of likely N-dealkylation sites (tertiary alicyclic amines) is 1. The summed E-state index contributed by atoms with van der Waals surface area (Å²) in [7, 11) is 0. The molecule has 0 spiro atoms. The molecule has 0 aliphatic carbocycles. The number of fused-ring (bicyclic) bond motifs is 1. The summed E-state index contributed by atoms with van der Waals surface area (Å²) in [5.41, 5.74) is 5.55. The number of nitrogens with zero attached hydrogens (tertiary/aromatic N) is 2. The van der Waals surface area contributed by atoms with Crippen molar-refractivity contribution < 1.29 is 14.0 Å². The van der Waals surface area contributed by atoms with Crippen molar-refractivity contribution in [3.05, 3.63) is 89.4 Å². The molecule has 6 nitrogen and oxygen atoms in total. The lowest BCUT2D eigenvalue weighted by Crippen LogP contribution is -2.46. The van der Waals surface area contributed by atoms with Crippen LogP contribution in [-0.2, 0) is 0 Å². The summed E-state index contributed by atoms with van der Waals surface area (Å²) in [6.07, 6.45) is 2.90. The number of para-hydroxylation sites is 1. The Morgan fingerprint density at radius 1 is 1.00 bits per heavy atom. The lowest BCUT2D eigenvalue weighted by atomic mass is 9.98. The molecule has 3 heterocycles. The molecule has 5 rings (SSSR count). The highest BCUT2D eigenvalue weighted by Gasteiger charge is 2.26. The quantitative estimate of drug-likeness (QED) is 0.464. The second-order valence-electron chi connectivity index (χ2n) is 8.91. The Morgan fingerprint density at radius 3 is 2.53 bits per heavy atom. The highest BCUT2D eigenvalue weighted by molar-refractivity contribution is 6.07. The zero-order valence-corrected chi connectivity index (χ0v) is 19.4. The zero-order chi connectivity index (χ0) is 23.7. The van der Waals surface area contributed by atoms with Crippen LogP contribution in [0.15, 0.2) is 71.3 Å². The molecule has 0 radical (unpaired) electrons. The zero-order valence-electron chi connectivity index (χ0n) is 19.4. The third-order valence-corrected chi connectivity index (χ3v) is 6.47. The topological polar surface area (TPSA) is 75.4 Å². The summed E-state index contributed by atoms with van der Waals surface area (Å²) >= 11 is 0. The van der Waals surface area contributed by atoms with Crippen molar-refractivity contribution >= 4 is 22.7 Å². The minimum atomic E-state index is -0.111. The van der Waals surface area contributed by atoms with E-state index in [0.29, 0.717) is 37.3 Å². The summed E-state index contributed by atoms with van der Waals surface area (Å²) in [5.74, 6) is 0.137. The predicted molar refractivity (Wildman–Crippen MR) is 132 cm³/mol. The lowest BCUT2D eigenvalue weighted by Gasteiger charge is -2.32. The second kappa shape index (κ2) is 9.14. The molecular weight excluding hydrogens is 426 g/mol. The molecule has 2 aromatic heterocycles. The smallest absolute Gasteiger partial charge is 0.289 e. The number of benzene rings is 2. The molecule has 6 heteroatoms. The van der Waals surface area contributed by atoms with Gasteiger partial charge in [-0.25, -0.2) is 4.98 Å². The first-order chi connectivity index (χ1) is 16.5. The van der Waals surface area contributed by atoms with Gasteiger partial charge in [0.25, 0.3) is 11.8 Å². The number of piperidine rings is 1. The lowest BCUT2D eigenvalue weighted by molar-refractivity contribution is 0.0667. The molecule has 34 heavy (non-hydrogen) atoms. The number of aromatic nitrogens is 1. The van der Waals surface area contributed by atoms with Crippen molar-refractivity contribution in [3.8, 4) is 11.3 Å². The van der Waals surface area contributed by atoms with E-state index in [4.69, 9.17) is 9.40 Å². The first-order valence-corrected chi connectivity index (χ1v) is 11.6. The molecule has 0 saturated carbocycles. The van der Waals surface area contributed by atoms with Crippen LogP contribution in [0.5, 0.6) is 0 Å². The summed E-state index contributed by atoms with van der Waals surface area (Å²) in [5, 5.41) is 4.03. The molecule has 4 aromatic rings. The first-order valence-electron chi connectivity index (χ1n) is 11.6. The van der Waals surface area contributed by atoms with E-state index in [9.17, 15) is 9.59 Å². The van der Waals surface area contributed by atoms with Gasteiger partial charge in [-0.3, -0.25) is 9.59 Å². The van der Waals surface area contributed by atoms with Gasteiger partial charge in [-0.05, 0) is 56.5 Å². The van der Waals surface area contributed by atoms with Crippen LogP contribution in [0.25, 0.3) is 22.2 Å². The Bertz CT molecular complexity index is 1350. The molecule has 0 bridgehead atoms. The third-order valence-electron chi connectivity index (χ3n) is 6.47. The average Bonchev–Trinajstić information content (AvgIpc) is 3.38. The van der Waals surface area contributed by atoms with E-state index < -0.39 is 0 Å². The Morgan fingerprint density at radius 2 is 1.79 bits per heavy atom. The minimum absolute atomic E-state index is 0.00430. The number of hydrogen-bond donors (Lipinski definition) is 1. The number of carbonyl (C=O) groups is 2. The van der Waals surface area contributed by atoms with Gasteiger partial charge in [0, 0.05) is 30.1 Å². The second-order valence-corrected chi connectivity index (χ2v) is 8.91. The summed E-state index contributed by atoms with van der Waals surface area (Å²) < 4.78 is 5.23. The fourth-order valence-corrected chi connectivity index (χ4v) is 4.65. The third kappa shape index (κ3) is 4.31. The van der Waals surface area contributed by atoms with Gasteiger partial charge in [0.1, 0.15) is 0 Å². The van der Waals surface area contributed by atoms with Gasteiger partial charge in [-0.15, -0.1) is 0 Å². The fraction of sp³-hybridized carbons (Fsp3) is 0.250. The van der Waals surface area contributed by atoms with E-state index in [1.165, 1.54) is 11.8 Å². The molecular formula is C28H27N3O3. The number of pyridine rings is 1. The highest BCUT2D eigenvalue weighted by Crippen LogP contribution is 2.28. The number of aryl methyl sites for hydroxylation is 2. The monoisotopic (exact) mass is 453 g/mol. The molecule has 2 aromatic carbocycles. The van der Waals surface area contributed by atoms with Crippen LogP contribution in [0.4, 0.5) is 0 Å². The number of furan rings is 1. The van der Waals surface area contributed by atoms with E-state index in [2.05, 4.69) is 37.4 Å². The van der Waals surface area contributed by atoms with Gasteiger partial charge >= 0.3 is 0 Å². The molecule has 172 valence electrons. The van der Waals surface area contributed by atoms with Crippen molar-refractivity contribution in [2.24, 2.45) is 0 Å². The Labute approximate surface area is 198 Å². The SMILES string of the molecule is Cc1ccc(-c2cc(C(=O)NC3CCN(C(=O)c4ccco4)CC3)c3ccccc3n2)c(C)c1. The van der Waals surface area contributed by atoms with Crippen molar-refractivity contribution in [1.82, 2.24) is 15.2 Å². The van der Waals surface area contributed by atoms with Crippen molar-refractivity contribution in [1.29, 1.82) is 0 Å². The standard InChI is InChI=1S/C28H27N3O3/c1-18-9-10-21(19(2)16-18)25-17-23(22-6-3-4-7-24(22)30-25)27(32)29-20-11-13-31(14-12-20)28(33)26-8-5-15-34-26/h3-10,15-17,20H,11-14H2,1-2H3,(H,29,32). The molecule has 1 N–H and O–H groups in total. The maximum absolute atomic E-state index is 13.4. The van der Waals surface area contributed by atoms with Crippen molar-refractivity contribution in [2.75, 3.05) is 13.1 Å². The van der Waals surface area contributed by atoms with Gasteiger partial charge < -0.3 is 14.6 Å². The van der Waals surface area contributed by atoms with E-state index in [0.717, 1.165) is 27.7 Å². The number of amides is 2. The van der Waals surface area contributed by atoms with Crippen LogP contribution in [-0.4, -0.2) is 40.8 Å². The number of nitrogens with one attached hydrogen (secondary N) is 1. The predicted octanol–water partition coefficient (Wildman–Crippen LogP) is 5.15. The molecule has 1 aliphatic rings. The van der Waals surface area contributed by atoms with Gasteiger partial charge in [0.15, 0.2) is 5.76 Å². The van der Waals surface area contributed by atoms with E-state index >= 15 is 0 Å². The van der Waals surface area contributed by atoms with Crippen LogP contribution in [0.1, 0.15) is 44.9 Å². The normalized spacial score (nSPS) is 14.4. The number of carbonyl (C=O) groups excluding carboxylic acids is 2. The van der Waals surface area contributed by atoms with Crippen LogP contribution < -0.4 is 5.32 Å². The highest BCUT2D eigenvalue weighted by atomic mass is 16.3. The fourth-order valence-electron chi connectivity index (χ4n) is 4.65. The average molecular weight is 454 g/mol. The van der Waals surface area contributed by atoms with Gasteiger partial charge in [0.05, 0.1) is 23.0 Å². The number of rotatable bonds is 4. The van der Waals surface area contributed by atoms with Gasteiger partial charge in [0.2, 0.25) is 0 Å². The molecule has 2 amide bonds. The van der Waals surface area contributed by atoms with E-state index in [1.807, 2.05) is 30.3 Å². The summed E-state index contributed by atoms with van der Waals surface area (Å²) in [6.45, 7) is 5.29. The van der Waals surface area contributed by atoms with Gasteiger partial charge in [-0.2, -0.15) is 0 Å². The van der Waals surface area contributed by atoms with Crippen molar-refractivity contribution in [2.45, 2.75) is 32.7 Å². The Hall–Kier alpha value is -3.93. The van der Waals surface area contributed by atoms with Crippen LogP contribution in [0.3, 0.4) is 0 Å². The summed E-state index contributed by atoms with van der Waals surface area (Å²) in [6, 6.07) is 19.3. The molecule has 1 fully saturated rings. The number of hydrogen-bond acceptors (Lipinski definition) is 4. The van der Waals surface area contributed by atoms with Crippen LogP contribution in [0.2, 0.25) is 0 Å². The maximum Gasteiger partial charge on any atom is 0.289 e. The molecule has 1 aliphatic heterocycles. The van der Waals surface area contributed by atoms with E-state index in [1.54, 1.807) is 17.0 Å². The minimum Gasteiger partial charge on any atom is -0.459 e.